The van der Waals surface area contributed by atoms with Gasteiger partial charge in [0, 0.05) is 31.4 Å². The molecule has 31 heavy (non-hydrogen) atoms. The van der Waals surface area contributed by atoms with Gasteiger partial charge < -0.3 is 19.3 Å². The highest BCUT2D eigenvalue weighted by atomic mass is 16.7. The fraction of sp³-hybridized carbons (Fsp3) is 0.435. The van der Waals surface area contributed by atoms with E-state index >= 15 is 0 Å². The maximum atomic E-state index is 13.7. The molecule has 0 unspecified atom stereocenters. The van der Waals surface area contributed by atoms with E-state index in [1.165, 1.54) is 0 Å². The summed E-state index contributed by atoms with van der Waals surface area (Å²) in [6.45, 7) is 8.09. The number of carbonyl (C=O) groups excluding carboxylic acids is 1. The summed E-state index contributed by atoms with van der Waals surface area (Å²) >= 11 is 0. The van der Waals surface area contributed by atoms with Crippen molar-refractivity contribution in [3.05, 3.63) is 47.3 Å². The summed E-state index contributed by atoms with van der Waals surface area (Å²) in [4.78, 5) is 22.3. The van der Waals surface area contributed by atoms with Crippen LogP contribution in [0.1, 0.15) is 41.5 Å². The molecule has 3 heterocycles. The third-order valence-corrected chi connectivity index (χ3v) is 5.33. The van der Waals surface area contributed by atoms with E-state index in [9.17, 15) is 4.79 Å². The van der Waals surface area contributed by atoms with Gasteiger partial charge in [0.25, 0.3) is 5.91 Å². The standard InChI is InChI=1S/C23H29N5O3/c1-15(2)28-22-19(12-24-28)18(10-16(3)25-22)23(29)27(9-8-26(4)5)13-17-6-7-20-21(11-17)31-14-30-20/h6-7,10-12,15H,8-9,13-14H2,1-5H3. The Morgan fingerprint density at radius 2 is 1.94 bits per heavy atom. The Labute approximate surface area is 182 Å². The zero-order valence-electron chi connectivity index (χ0n) is 18.8. The van der Waals surface area contributed by atoms with E-state index in [2.05, 4.69) is 28.8 Å². The fourth-order valence-corrected chi connectivity index (χ4v) is 3.70. The van der Waals surface area contributed by atoms with Crippen LogP contribution in [0, 0.1) is 6.92 Å². The van der Waals surface area contributed by atoms with Gasteiger partial charge in [0.15, 0.2) is 17.1 Å². The minimum absolute atomic E-state index is 0.0293. The second-order valence-corrected chi connectivity index (χ2v) is 8.45. The van der Waals surface area contributed by atoms with Gasteiger partial charge in [0.05, 0.1) is 17.1 Å². The normalized spacial score (nSPS) is 12.9. The zero-order chi connectivity index (χ0) is 22.1. The van der Waals surface area contributed by atoms with E-state index in [0.717, 1.165) is 40.3 Å². The Bertz CT molecular complexity index is 1110. The highest BCUT2D eigenvalue weighted by molar-refractivity contribution is 6.05. The summed E-state index contributed by atoms with van der Waals surface area (Å²) in [5.41, 5.74) is 3.17. The summed E-state index contributed by atoms with van der Waals surface area (Å²) in [6.07, 6.45) is 1.75. The van der Waals surface area contributed by atoms with Gasteiger partial charge in [-0.2, -0.15) is 5.10 Å². The molecule has 1 aliphatic rings. The molecule has 0 radical (unpaired) electrons. The summed E-state index contributed by atoms with van der Waals surface area (Å²) in [5, 5.41) is 5.26. The SMILES string of the molecule is Cc1cc(C(=O)N(CCN(C)C)Cc2ccc3c(c2)OCO3)c2cnn(C(C)C)c2n1. The minimum atomic E-state index is -0.0293. The molecule has 0 fully saturated rings. The highest BCUT2D eigenvalue weighted by Gasteiger charge is 2.23. The van der Waals surface area contributed by atoms with Gasteiger partial charge in [-0.15, -0.1) is 0 Å². The van der Waals surface area contributed by atoms with Crippen LogP contribution in [0.2, 0.25) is 0 Å². The van der Waals surface area contributed by atoms with Crippen LogP contribution in [0.4, 0.5) is 0 Å². The Kier molecular flexibility index (Phi) is 5.82. The van der Waals surface area contributed by atoms with Crippen molar-refractivity contribution in [3.63, 3.8) is 0 Å². The average Bonchev–Trinajstić information content (AvgIpc) is 3.36. The number of pyridine rings is 1. The smallest absolute Gasteiger partial charge is 0.255 e. The first-order valence-electron chi connectivity index (χ1n) is 10.5. The lowest BCUT2D eigenvalue weighted by atomic mass is 10.1. The van der Waals surface area contributed by atoms with Gasteiger partial charge in [0.1, 0.15) is 0 Å². The molecule has 0 N–H and O–H groups in total. The molecule has 0 spiro atoms. The Hall–Kier alpha value is -3.13. The predicted molar refractivity (Wildman–Crippen MR) is 119 cm³/mol. The lowest BCUT2D eigenvalue weighted by Gasteiger charge is -2.25. The number of amides is 1. The molecule has 2 aromatic heterocycles. The largest absolute Gasteiger partial charge is 0.454 e. The van der Waals surface area contributed by atoms with E-state index < -0.39 is 0 Å². The number of hydrogen-bond acceptors (Lipinski definition) is 6. The summed E-state index contributed by atoms with van der Waals surface area (Å²) in [5.74, 6) is 1.43. The topological polar surface area (TPSA) is 72.7 Å². The van der Waals surface area contributed by atoms with E-state index in [4.69, 9.17) is 9.47 Å². The molecule has 0 saturated heterocycles. The van der Waals surface area contributed by atoms with Crippen LogP contribution in [-0.4, -0.2) is 64.4 Å². The molecule has 8 nitrogen and oxygen atoms in total. The van der Waals surface area contributed by atoms with Gasteiger partial charge >= 0.3 is 0 Å². The molecule has 0 saturated carbocycles. The minimum Gasteiger partial charge on any atom is -0.454 e. The van der Waals surface area contributed by atoms with Gasteiger partial charge in [-0.25, -0.2) is 9.67 Å². The molecule has 8 heteroatoms. The number of aryl methyl sites for hydroxylation is 1. The number of ether oxygens (including phenoxy) is 2. The first-order chi connectivity index (χ1) is 14.8. The van der Waals surface area contributed by atoms with Crippen molar-refractivity contribution in [2.75, 3.05) is 34.0 Å². The molecule has 4 rings (SSSR count). The Morgan fingerprint density at radius 1 is 1.16 bits per heavy atom. The lowest BCUT2D eigenvalue weighted by Crippen LogP contribution is -2.36. The van der Waals surface area contributed by atoms with Gasteiger partial charge in [-0.05, 0) is 58.6 Å². The second-order valence-electron chi connectivity index (χ2n) is 8.45. The molecule has 3 aromatic rings. The van der Waals surface area contributed by atoms with Crippen LogP contribution in [0.15, 0.2) is 30.5 Å². The number of rotatable bonds is 7. The molecule has 1 aromatic carbocycles. The summed E-state index contributed by atoms with van der Waals surface area (Å²) < 4.78 is 12.8. The fourth-order valence-electron chi connectivity index (χ4n) is 3.70. The van der Waals surface area contributed by atoms with Crippen LogP contribution in [0.3, 0.4) is 0 Å². The van der Waals surface area contributed by atoms with Crippen LogP contribution in [-0.2, 0) is 6.54 Å². The van der Waals surface area contributed by atoms with Gasteiger partial charge in [0.2, 0.25) is 6.79 Å². The maximum absolute atomic E-state index is 13.7. The molecule has 0 bridgehead atoms. The van der Waals surface area contributed by atoms with Crippen molar-refractivity contribution in [2.45, 2.75) is 33.4 Å². The summed E-state index contributed by atoms with van der Waals surface area (Å²) in [6, 6.07) is 7.84. The van der Waals surface area contributed by atoms with Crippen molar-refractivity contribution in [3.8, 4) is 11.5 Å². The molecular formula is C23H29N5O3. The van der Waals surface area contributed by atoms with Crippen LogP contribution < -0.4 is 9.47 Å². The van der Waals surface area contributed by atoms with E-state index in [1.54, 1.807) is 6.20 Å². The van der Waals surface area contributed by atoms with Crippen molar-refractivity contribution in [1.82, 2.24) is 24.6 Å². The van der Waals surface area contributed by atoms with Crippen molar-refractivity contribution >= 4 is 16.9 Å². The second kappa shape index (κ2) is 8.55. The first-order valence-corrected chi connectivity index (χ1v) is 10.5. The van der Waals surface area contributed by atoms with Gasteiger partial charge in [-0.1, -0.05) is 6.07 Å². The Morgan fingerprint density at radius 3 is 2.68 bits per heavy atom. The van der Waals surface area contributed by atoms with Crippen molar-refractivity contribution < 1.29 is 14.3 Å². The number of aromatic nitrogens is 3. The molecular weight excluding hydrogens is 394 g/mol. The number of fused-ring (bicyclic) bond motifs is 2. The number of benzene rings is 1. The number of carbonyl (C=O) groups is 1. The molecule has 164 valence electrons. The quantitative estimate of drug-likeness (QED) is 0.581. The molecule has 1 amide bonds. The van der Waals surface area contributed by atoms with Crippen LogP contribution in [0.25, 0.3) is 11.0 Å². The Balaban J connectivity index is 1.69. The van der Waals surface area contributed by atoms with E-state index in [-0.39, 0.29) is 18.7 Å². The molecule has 1 aliphatic heterocycles. The van der Waals surface area contributed by atoms with Crippen molar-refractivity contribution in [2.24, 2.45) is 0 Å². The molecule has 0 atom stereocenters. The van der Waals surface area contributed by atoms with Gasteiger partial charge in [-0.3, -0.25) is 4.79 Å². The third-order valence-electron chi connectivity index (χ3n) is 5.33. The first kappa shape index (κ1) is 21.1. The third kappa shape index (κ3) is 4.34. The number of likely N-dealkylation sites (N-methyl/N-ethyl adjacent to an activating group) is 1. The van der Waals surface area contributed by atoms with E-state index in [0.29, 0.717) is 18.7 Å². The number of nitrogens with zero attached hydrogens (tertiary/aromatic N) is 5. The predicted octanol–water partition coefficient (Wildman–Crippen LogP) is 3.25. The monoisotopic (exact) mass is 423 g/mol. The van der Waals surface area contributed by atoms with Crippen LogP contribution >= 0.6 is 0 Å². The number of hydrogen-bond donors (Lipinski definition) is 0. The maximum Gasteiger partial charge on any atom is 0.255 e. The van der Waals surface area contributed by atoms with Crippen LogP contribution in [0.5, 0.6) is 11.5 Å². The zero-order valence-corrected chi connectivity index (χ0v) is 18.8. The molecule has 0 aliphatic carbocycles. The van der Waals surface area contributed by atoms with Crippen molar-refractivity contribution in [1.29, 1.82) is 0 Å². The van der Waals surface area contributed by atoms with E-state index in [1.807, 2.05) is 54.9 Å². The summed E-state index contributed by atoms with van der Waals surface area (Å²) in [7, 11) is 4.01. The highest BCUT2D eigenvalue weighted by Crippen LogP contribution is 2.33. The average molecular weight is 424 g/mol. The lowest BCUT2D eigenvalue weighted by molar-refractivity contribution is 0.0733.